The molecule has 0 aliphatic heterocycles. The van der Waals surface area contributed by atoms with Crippen LogP contribution in [0.5, 0.6) is 0 Å². The summed E-state index contributed by atoms with van der Waals surface area (Å²) in [5.74, 6) is -1.36. The van der Waals surface area contributed by atoms with Crippen LogP contribution in [0.3, 0.4) is 0 Å². The molecule has 240 valence electrons. The molecule has 9 heteroatoms. The number of anilines is 1. The Morgan fingerprint density at radius 2 is 1.43 bits per heavy atom. The van der Waals surface area contributed by atoms with Gasteiger partial charge in [0, 0.05) is 19.0 Å². The highest BCUT2D eigenvalue weighted by atomic mass is 32.2. The number of amides is 2. The van der Waals surface area contributed by atoms with Crippen molar-refractivity contribution in [3.63, 3.8) is 0 Å². The van der Waals surface area contributed by atoms with Crippen molar-refractivity contribution in [1.29, 1.82) is 0 Å². The van der Waals surface area contributed by atoms with Gasteiger partial charge >= 0.3 is 0 Å². The Kier molecular flexibility index (Phi) is 10.9. The summed E-state index contributed by atoms with van der Waals surface area (Å²) in [5, 5.41) is 3.22. The number of sulfonamides is 1. The van der Waals surface area contributed by atoms with Gasteiger partial charge in [-0.3, -0.25) is 13.9 Å². The van der Waals surface area contributed by atoms with Gasteiger partial charge in [0.25, 0.3) is 10.0 Å². The third-order valence-electron chi connectivity index (χ3n) is 8.55. The predicted octanol–water partition coefficient (Wildman–Crippen LogP) is 6.42. The lowest BCUT2D eigenvalue weighted by Crippen LogP contribution is -2.55. The van der Waals surface area contributed by atoms with E-state index < -0.39 is 34.3 Å². The van der Waals surface area contributed by atoms with Crippen LogP contribution in [-0.2, 0) is 32.6 Å². The Morgan fingerprint density at radius 1 is 0.826 bits per heavy atom. The van der Waals surface area contributed by atoms with Crippen LogP contribution >= 0.6 is 0 Å². The minimum absolute atomic E-state index is 0.0228. The van der Waals surface area contributed by atoms with Crippen LogP contribution in [0.15, 0.2) is 114 Å². The zero-order valence-corrected chi connectivity index (χ0v) is 26.8. The fraction of sp³-hybridized carbons (Fsp3) is 0.297. The summed E-state index contributed by atoms with van der Waals surface area (Å²) in [4.78, 5) is 30.1. The van der Waals surface area contributed by atoms with E-state index in [9.17, 15) is 22.4 Å². The lowest BCUT2D eigenvalue weighted by atomic mass is 9.94. The summed E-state index contributed by atoms with van der Waals surface area (Å²) < 4.78 is 42.8. The Labute approximate surface area is 271 Å². The highest BCUT2D eigenvalue weighted by Gasteiger charge is 2.35. The maximum atomic E-state index is 14.6. The van der Waals surface area contributed by atoms with Crippen molar-refractivity contribution >= 4 is 27.5 Å². The number of carbonyl (C=O) groups is 2. The Balaban J connectivity index is 1.55. The summed E-state index contributed by atoms with van der Waals surface area (Å²) in [6.45, 7) is 1.50. The fourth-order valence-corrected chi connectivity index (χ4v) is 7.34. The zero-order chi connectivity index (χ0) is 32.5. The minimum atomic E-state index is -4.29. The number of nitrogens with zero attached hydrogens (tertiary/aromatic N) is 2. The van der Waals surface area contributed by atoms with Gasteiger partial charge < -0.3 is 10.2 Å². The molecule has 0 unspecified atom stereocenters. The molecule has 7 nitrogen and oxygen atoms in total. The first-order valence-corrected chi connectivity index (χ1v) is 17.2. The number of hydrogen-bond donors (Lipinski definition) is 1. The molecular weight excluding hydrogens is 601 g/mol. The van der Waals surface area contributed by atoms with Crippen LogP contribution in [0.1, 0.15) is 48.8 Å². The molecule has 2 amide bonds. The minimum Gasteiger partial charge on any atom is -0.352 e. The average molecular weight is 642 g/mol. The number of carbonyl (C=O) groups excluding carboxylic acids is 2. The van der Waals surface area contributed by atoms with Gasteiger partial charge in [0.1, 0.15) is 18.4 Å². The van der Waals surface area contributed by atoms with Crippen molar-refractivity contribution in [3.05, 3.63) is 132 Å². The molecule has 5 rings (SSSR count). The quantitative estimate of drug-likeness (QED) is 0.194. The predicted molar refractivity (Wildman–Crippen MR) is 178 cm³/mol. The largest absolute Gasteiger partial charge is 0.352 e. The molecule has 1 atom stereocenters. The summed E-state index contributed by atoms with van der Waals surface area (Å²) in [7, 11) is -4.29. The normalized spacial score (nSPS) is 14.3. The summed E-state index contributed by atoms with van der Waals surface area (Å²) >= 11 is 0. The molecule has 0 saturated heterocycles. The highest BCUT2D eigenvalue weighted by Crippen LogP contribution is 2.26. The number of halogens is 1. The highest BCUT2D eigenvalue weighted by molar-refractivity contribution is 7.92. The molecule has 1 aliphatic carbocycles. The molecule has 4 aromatic rings. The van der Waals surface area contributed by atoms with Crippen molar-refractivity contribution in [3.8, 4) is 0 Å². The van der Waals surface area contributed by atoms with E-state index in [2.05, 4.69) is 5.32 Å². The van der Waals surface area contributed by atoms with Gasteiger partial charge in [-0.05, 0) is 72.9 Å². The van der Waals surface area contributed by atoms with E-state index in [0.717, 1.165) is 65.2 Å². The van der Waals surface area contributed by atoms with Crippen LogP contribution in [0.4, 0.5) is 10.1 Å². The zero-order valence-electron chi connectivity index (χ0n) is 26.0. The molecule has 1 saturated carbocycles. The second kappa shape index (κ2) is 15.2. The molecule has 0 radical (unpaired) electrons. The fourth-order valence-electron chi connectivity index (χ4n) is 5.93. The standard InChI is InChI=1S/C37H40FN3O4S/c1-28-13-11-12-16-30(28)26-40(35(25-29-14-5-2-6-15-29)37(43)39-32-17-7-3-8-18-32)36(42)27-41(33-19-9-4-10-20-33)46(44,45)34-23-21-31(38)22-24-34/h2,4-6,9-16,19-24,32,35H,3,7-8,17-18,25-27H2,1H3,(H,39,43)/t35-/m0/s1. The Bertz CT molecular complexity index is 1710. The van der Waals surface area contributed by atoms with Crippen molar-refractivity contribution in [1.82, 2.24) is 10.2 Å². The van der Waals surface area contributed by atoms with Crippen molar-refractivity contribution in [2.24, 2.45) is 0 Å². The molecule has 46 heavy (non-hydrogen) atoms. The first-order chi connectivity index (χ1) is 22.2. The van der Waals surface area contributed by atoms with Gasteiger partial charge in [-0.15, -0.1) is 0 Å². The smallest absolute Gasteiger partial charge is 0.264 e. The molecule has 1 fully saturated rings. The van der Waals surface area contributed by atoms with Gasteiger partial charge in [-0.1, -0.05) is 92.1 Å². The molecule has 0 bridgehead atoms. The number of para-hydroxylation sites is 1. The summed E-state index contributed by atoms with van der Waals surface area (Å²) in [5.41, 5.74) is 2.97. The SMILES string of the molecule is Cc1ccccc1CN(C(=O)CN(c1ccccc1)S(=O)(=O)c1ccc(F)cc1)[C@@H](Cc1ccccc1)C(=O)NC1CCCCC1. The molecule has 1 N–H and O–H groups in total. The van der Waals surface area contributed by atoms with Gasteiger partial charge in [-0.25, -0.2) is 12.8 Å². The number of hydrogen-bond acceptors (Lipinski definition) is 4. The van der Waals surface area contributed by atoms with Gasteiger partial charge in [0.15, 0.2) is 0 Å². The van der Waals surface area contributed by atoms with E-state index in [1.54, 1.807) is 30.3 Å². The number of rotatable bonds is 12. The van der Waals surface area contributed by atoms with Crippen molar-refractivity contribution < 1.29 is 22.4 Å². The van der Waals surface area contributed by atoms with E-state index in [1.807, 2.05) is 61.5 Å². The third kappa shape index (κ3) is 8.20. The third-order valence-corrected chi connectivity index (χ3v) is 10.3. The molecule has 0 aromatic heterocycles. The van der Waals surface area contributed by atoms with E-state index in [4.69, 9.17) is 0 Å². The Hall–Kier alpha value is -4.50. The first-order valence-electron chi connectivity index (χ1n) is 15.7. The molecule has 4 aromatic carbocycles. The van der Waals surface area contributed by atoms with Crippen molar-refractivity contribution in [2.45, 2.75) is 69.0 Å². The van der Waals surface area contributed by atoms with Gasteiger partial charge in [0.2, 0.25) is 11.8 Å². The Morgan fingerprint density at radius 3 is 2.09 bits per heavy atom. The van der Waals surface area contributed by atoms with Crippen molar-refractivity contribution in [2.75, 3.05) is 10.8 Å². The van der Waals surface area contributed by atoms with E-state index in [1.165, 1.54) is 17.0 Å². The number of aryl methyl sites for hydroxylation is 1. The number of benzene rings is 4. The van der Waals surface area contributed by atoms with Crippen LogP contribution < -0.4 is 9.62 Å². The maximum Gasteiger partial charge on any atom is 0.264 e. The van der Waals surface area contributed by atoms with Crippen LogP contribution in [0.25, 0.3) is 0 Å². The molecule has 1 aliphatic rings. The molecule has 0 spiro atoms. The lowest BCUT2D eigenvalue weighted by Gasteiger charge is -2.35. The number of nitrogens with one attached hydrogen (secondary N) is 1. The van der Waals surface area contributed by atoms with E-state index in [-0.39, 0.29) is 35.5 Å². The van der Waals surface area contributed by atoms with Crippen LogP contribution in [0, 0.1) is 12.7 Å². The molecular formula is C37H40FN3O4S. The van der Waals surface area contributed by atoms with Crippen LogP contribution in [0.2, 0.25) is 0 Å². The molecule has 0 heterocycles. The van der Waals surface area contributed by atoms with Gasteiger partial charge in [0.05, 0.1) is 10.6 Å². The van der Waals surface area contributed by atoms with Gasteiger partial charge in [-0.2, -0.15) is 0 Å². The topological polar surface area (TPSA) is 86.8 Å². The van der Waals surface area contributed by atoms with Crippen LogP contribution in [-0.4, -0.2) is 43.8 Å². The summed E-state index contributed by atoms with van der Waals surface area (Å²) in [6, 6.07) is 29.2. The second-order valence-electron chi connectivity index (χ2n) is 11.8. The lowest BCUT2D eigenvalue weighted by molar-refractivity contribution is -0.140. The average Bonchev–Trinajstić information content (AvgIpc) is 3.07. The summed E-state index contributed by atoms with van der Waals surface area (Å²) in [6.07, 6.45) is 5.23. The van der Waals surface area contributed by atoms with E-state index in [0.29, 0.717) is 0 Å². The first kappa shape index (κ1) is 32.9. The van der Waals surface area contributed by atoms with E-state index >= 15 is 0 Å². The second-order valence-corrected chi connectivity index (χ2v) is 13.7. The maximum absolute atomic E-state index is 14.6. The monoisotopic (exact) mass is 641 g/mol.